The first-order chi connectivity index (χ1) is 13.6. The van der Waals surface area contributed by atoms with Crippen molar-refractivity contribution in [3.05, 3.63) is 64.5 Å². The highest BCUT2D eigenvalue weighted by Gasteiger charge is 2.34. The number of carbonyl (C=O) groups excluding carboxylic acids is 1. The fraction of sp³-hybridized carbons (Fsp3) is 0.391. The van der Waals surface area contributed by atoms with Gasteiger partial charge in [-0.3, -0.25) is 14.7 Å². The lowest BCUT2D eigenvalue weighted by Crippen LogP contribution is -2.49. The molecule has 1 aromatic heterocycles. The molecule has 0 saturated carbocycles. The number of hydrogen-bond acceptors (Lipinski definition) is 4. The van der Waals surface area contributed by atoms with E-state index in [0.717, 1.165) is 59.6 Å². The second-order valence-corrected chi connectivity index (χ2v) is 7.55. The zero-order valence-electron chi connectivity index (χ0n) is 16.5. The van der Waals surface area contributed by atoms with Crippen LogP contribution in [-0.2, 0) is 11.2 Å². The minimum atomic E-state index is 0.0428. The van der Waals surface area contributed by atoms with Crippen molar-refractivity contribution < 1.29 is 14.3 Å². The summed E-state index contributed by atoms with van der Waals surface area (Å²) in [6, 6.07) is 6.11. The van der Waals surface area contributed by atoms with Gasteiger partial charge in [-0.05, 0) is 73.6 Å². The Morgan fingerprint density at radius 3 is 2.86 bits per heavy atom. The molecular formula is C23H26N2O3. The largest absolute Gasteiger partial charge is 0.472 e. The van der Waals surface area contributed by atoms with Gasteiger partial charge in [0.25, 0.3) is 5.91 Å². The van der Waals surface area contributed by atoms with Crippen LogP contribution in [0, 0.1) is 13.8 Å². The van der Waals surface area contributed by atoms with E-state index < -0.39 is 0 Å². The van der Waals surface area contributed by atoms with Crippen molar-refractivity contribution in [2.45, 2.75) is 39.2 Å². The van der Waals surface area contributed by atoms with E-state index in [1.807, 2.05) is 30.2 Å². The molecular weight excluding hydrogens is 352 g/mol. The highest BCUT2D eigenvalue weighted by atomic mass is 16.5. The van der Waals surface area contributed by atoms with Gasteiger partial charge < -0.3 is 9.47 Å². The minimum absolute atomic E-state index is 0.0428. The third-order valence-electron chi connectivity index (χ3n) is 5.82. The number of benzene rings is 1. The predicted octanol–water partition coefficient (Wildman–Crippen LogP) is 3.90. The number of nitrogens with zero attached hydrogens (tertiary/aromatic N) is 2. The summed E-state index contributed by atoms with van der Waals surface area (Å²) in [4.78, 5) is 19.4. The van der Waals surface area contributed by atoms with Crippen molar-refractivity contribution in [3.8, 4) is 5.75 Å². The molecule has 2 aliphatic heterocycles. The van der Waals surface area contributed by atoms with E-state index in [2.05, 4.69) is 24.6 Å². The average Bonchev–Trinajstić information content (AvgIpc) is 2.73. The molecule has 4 rings (SSSR count). The van der Waals surface area contributed by atoms with Gasteiger partial charge in [0.1, 0.15) is 5.75 Å². The van der Waals surface area contributed by atoms with E-state index in [0.29, 0.717) is 18.9 Å². The predicted molar refractivity (Wildman–Crippen MR) is 109 cm³/mol. The number of ether oxygens (including phenoxy) is 2. The lowest BCUT2D eigenvalue weighted by atomic mass is 9.92. The van der Waals surface area contributed by atoms with Gasteiger partial charge in [0.15, 0.2) is 6.73 Å². The second kappa shape index (κ2) is 7.76. The highest BCUT2D eigenvalue weighted by Crippen LogP contribution is 2.35. The zero-order chi connectivity index (χ0) is 19.7. The molecule has 1 fully saturated rings. The number of carbonyl (C=O) groups is 1. The SMILES string of the molecule is C=Cc1ccc(Cc2cc3c(c(C)c2C)OCN([C@@H]2CCCOC2)C3=O)cn1. The first-order valence-electron chi connectivity index (χ1n) is 9.80. The third-order valence-corrected chi connectivity index (χ3v) is 5.82. The molecule has 0 spiro atoms. The quantitative estimate of drug-likeness (QED) is 0.810. The van der Waals surface area contributed by atoms with Crippen LogP contribution in [0.15, 0.2) is 31.0 Å². The fourth-order valence-corrected chi connectivity index (χ4v) is 3.96. The smallest absolute Gasteiger partial charge is 0.260 e. The molecule has 5 heteroatoms. The number of hydrogen-bond donors (Lipinski definition) is 0. The summed E-state index contributed by atoms with van der Waals surface area (Å²) in [6.07, 6.45) is 6.27. The normalized spacial score (nSPS) is 19.1. The molecule has 146 valence electrons. The second-order valence-electron chi connectivity index (χ2n) is 7.55. The lowest BCUT2D eigenvalue weighted by molar-refractivity contribution is -0.0101. The minimum Gasteiger partial charge on any atom is -0.472 e. The van der Waals surface area contributed by atoms with Crippen LogP contribution >= 0.6 is 0 Å². The maximum Gasteiger partial charge on any atom is 0.260 e. The Labute approximate surface area is 166 Å². The molecule has 1 atom stereocenters. The summed E-state index contributed by atoms with van der Waals surface area (Å²) < 4.78 is 11.6. The van der Waals surface area contributed by atoms with Crippen molar-refractivity contribution in [2.24, 2.45) is 0 Å². The standard InChI is InChI=1S/C23H26N2O3/c1-4-19-8-7-17(12-24-19)10-18-11-21-22(16(3)15(18)2)28-14-25(23(21)26)20-6-5-9-27-13-20/h4,7-8,11-12,20H,1,5-6,9-10,13-14H2,2-3H3/t20-/m1/s1. The van der Waals surface area contributed by atoms with Crippen molar-refractivity contribution in [1.29, 1.82) is 0 Å². The summed E-state index contributed by atoms with van der Waals surface area (Å²) in [5.41, 5.74) is 5.95. The van der Waals surface area contributed by atoms with Crippen LogP contribution in [0.5, 0.6) is 5.75 Å². The summed E-state index contributed by atoms with van der Waals surface area (Å²) >= 11 is 0. The molecule has 2 aromatic rings. The van der Waals surface area contributed by atoms with Gasteiger partial charge in [-0.15, -0.1) is 0 Å². The van der Waals surface area contributed by atoms with Gasteiger partial charge in [-0.25, -0.2) is 0 Å². The van der Waals surface area contributed by atoms with Gasteiger partial charge >= 0.3 is 0 Å². The van der Waals surface area contributed by atoms with E-state index in [-0.39, 0.29) is 11.9 Å². The number of fused-ring (bicyclic) bond motifs is 1. The van der Waals surface area contributed by atoms with Gasteiger partial charge in [0.2, 0.25) is 0 Å². The first kappa shape index (κ1) is 18.7. The van der Waals surface area contributed by atoms with Crippen molar-refractivity contribution in [1.82, 2.24) is 9.88 Å². The summed E-state index contributed by atoms with van der Waals surface area (Å²) in [7, 11) is 0. The van der Waals surface area contributed by atoms with Gasteiger partial charge in [0, 0.05) is 12.8 Å². The van der Waals surface area contributed by atoms with E-state index >= 15 is 0 Å². The summed E-state index contributed by atoms with van der Waals surface area (Å²) in [5, 5.41) is 0. The molecule has 0 unspecified atom stereocenters. The van der Waals surface area contributed by atoms with Crippen LogP contribution in [0.2, 0.25) is 0 Å². The Hall–Kier alpha value is -2.66. The Kier molecular flexibility index (Phi) is 5.18. The van der Waals surface area contributed by atoms with Crippen molar-refractivity contribution in [2.75, 3.05) is 19.9 Å². The van der Waals surface area contributed by atoms with Gasteiger partial charge in [-0.2, -0.15) is 0 Å². The van der Waals surface area contributed by atoms with E-state index in [4.69, 9.17) is 9.47 Å². The van der Waals surface area contributed by atoms with Gasteiger partial charge in [-0.1, -0.05) is 12.6 Å². The molecule has 28 heavy (non-hydrogen) atoms. The first-order valence-corrected chi connectivity index (χ1v) is 9.80. The Bertz CT molecular complexity index is 899. The molecule has 0 aliphatic carbocycles. The Morgan fingerprint density at radius 1 is 1.32 bits per heavy atom. The fourth-order valence-electron chi connectivity index (χ4n) is 3.96. The third kappa shape index (κ3) is 3.42. The summed E-state index contributed by atoms with van der Waals surface area (Å²) in [5.74, 6) is 0.764. The molecule has 0 bridgehead atoms. The van der Waals surface area contributed by atoms with Crippen LogP contribution in [0.3, 0.4) is 0 Å². The monoisotopic (exact) mass is 378 g/mol. The van der Waals surface area contributed by atoms with Crippen LogP contribution in [0.4, 0.5) is 0 Å². The van der Waals surface area contributed by atoms with Gasteiger partial charge in [0.05, 0.1) is 23.9 Å². The molecule has 1 aromatic carbocycles. The summed E-state index contributed by atoms with van der Waals surface area (Å²) in [6.45, 7) is 9.52. The maximum atomic E-state index is 13.2. The van der Waals surface area contributed by atoms with Crippen molar-refractivity contribution >= 4 is 12.0 Å². The zero-order valence-corrected chi connectivity index (χ0v) is 16.5. The Balaban J connectivity index is 1.65. The molecule has 2 aliphatic rings. The molecule has 0 N–H and O–H groups in total. The molecule has 5 nitrogen and oxygen atoms in total. The maximum absolute atomic E-state index is 13.2. The number of amides is 1. The van der Waals surface area contributed by atoms with Crippen molar-refractivity contribution in [3.63, 3.8) is 0 Å². The molecule has 0 radical (unpaired) electrons. The van der Waals surface area contributed by atoms with Crippen LogP contribution in [0.1, 0.15) is 51.1 Å². The van der Waals surface area contributed by atoms with E-state index in [9.17, 15) is 4.79 Å². The molecule has 1 amide bonds. The van der Waals surface area contributed by atoms with Crippen LogP contribution < -0.4 is 4.74 Å². The molecule has 3 heterocycles. The average molecular weight is 378 g/mol. The van der Waals surface area contributed by atoms with E-state index in [1.54, 1.807) is 6.08 Å². The number of rotatable bonds is 4. The van der Waals surface area contributed by atoms with Crippen LogP contribution in [0.25, 0.3) is 6.08 Å². The number of aromatic nitrogens is 1. The lowest BCUT2D eigenvalue weighted by Gasteiger charge is -2.37. The molecule has 1 saturated heterocycles. The topological polar surface area (TPSA) is 51.7 Å². The Morgan fingerprint density at radius 2 is 2.18 bits per heavy atom. The number of pyridine rings is 1. The highest BCUT2D eigenvalue weighted by molar-refractivity contribution is 5.99. The van der Waals surface area contributed by atoms with Crippen LogP contribution in [-0.4, -0.2) is 41.8 Å². The van der Waals surface area contributed by atoms with E-state index in [1.165, 1.54) is 0 Å².